The predicted octanol–water partition coefficient (Wildman–Crippen LogP) is 3.98. The maximum Gasteiger partial charge on any atom is 0.416 e. The molecule has 6 heteroatoms. The number of rotatable bonds is 2. The van der Waals surface area contributed by atoms with Crippen LogP contribution in [0.4, 0.5) is 13.2 Å². The Bertz CT molecular complexity index is 509. The summed E-state index contributed by atoms with van der Waals surface area (Å²) in [4.78, 5) is 12.0. The van der Waals surface area contributed by atoms with E-state index in [1.54, 1.807) is 22.6 Å². The first-order chi connectivity index (χ1) is 8.70. The van der Waals surface area contributed by atoms with Crippen molar-refractivity contribution in [3.8, 4) is 0 Å². The van der Waals surface area contributed by atoms with E-state index in [-0.39, 0.29) is 11.1 Å². The van der Waals surface area contributed by atoms with E-state index in [9.17, 15) is 18.0 Å². The summed E-state index contributed by atoms with van der Waals surface area (Å²) in [6.45, 7) is 1.91. The van der Waals surface area contributed by atoms with Crippen LogP contribution in [-0.2, 0) is 6.18 Å². The van der Waals surface area contributed by atoms with E-state index in [2.05, 4.69) is 5.32 Å². The Labute approximate surface area is 122 Å². The second-order valence-electron chi connectivity index (χ2n) is 5.09. The van der Waals surface area contributed by atoms with Crippen LogP contribution < -0.4 is 5.32 Å². The zero-order chi connectivity index (χ0) is 14.3. The minimum atomic E-state index is -4.43. The SMILES string of the molecule is CC1(NC(=O)c2cc(I)cc(C(F)(F)F)c2)CCC1. The molecule has 0 aliphatic heterocycles. The second-order valence-corrected chi connectivity index (χ2v) is 6.34. The third-order valence-corrected chi connectivity index (χ3v) is 3.98. The van der Waals surface area contributed by atoms with Crippen molar-refractivity contribution in [3.05, 3.63) is 32.9 Å². The molecule has 0 saturated heterocycles. The lowest BCUT2D eigenvalue weighted by Crippen LogP contribution is -2.50. The van der Waals surface area contributed by atoms with Crippen LogP contribution in [0, 0.1) is 3.57 Å². The number of hydrogen-bond acceptors (Lipinski definition) is 1. The number of carbonyl (C=O) groups is 1. The molecule has 104 valence electrons. The van der Waals surface area contributed by atoms with Gasteiger partial charge in [-0.1, -0.05) is 0 Å². The largest absolute Gasteiger partial charge is 0.416 e. The van der Waals surface area contributed by atoms with Gasteiger partial charge in [0.15, 0.2) is 0 Å². The summed E-state index contributed by atoms with van der Waals surface area (Å²) in [5.41, 5.74) is -0.993. The van der Waals surface area contributed by atoms with Crippen LogP contribution >= 0.6 is 22.6 Å². The van der Waals surface area contributed by atoms with Gasteiger partial charge in [0.2, 0.25) is 0 Å². The van der Waals surface area contributed by atoms with E-state index >= 15 is 0 Å². The monoisotopic (exact) mass is 383 g/mol. The number of halogens is 4. The van der Waals surface area contributed by atoms with Gasteiger partial charge < -0.3 is 5.32 Å². The highest BCUT2D eigenvalue weighted by Gasteiger charge is 2.35. The predicted molar refractivity (Wildman–Crippen MR) is 73.9 cm³/mol. The van der Waals surface area contributed by atoms with Gasteiger partial charge in [-0.25, -0.2) is 0 Å². The Morgan fingerprint density at radius 3 is 2.42 bits per heavy atom. The average molecular weight is 383 g/mol. The Hall–Kier alpha value is -0.790. The number of hydrogen-bond donors (Lipinski definition) is 1. The van der Waals surface area contributed by atoms with Crippen molar-refractivity contribution in [2.45, 2.75) is 37.9 Å². The molecule has 0 heterocycles. The number of carbonyl (C=O) groups excluding carboxylic acids is 1. The Morgan fingerprint density at radius 2 is 1.95 bits per heavy atom. The van der Waals surface area contributed by atoms with Gasteiger partial charge in [-0.05, 0) is 67.0 Å². The third kappa shape index (κ3) is 3.40. The fourth-order valence-electron chi connectivity index (χ4n) is 2.06. The first-order valence-corrected chi connectivity index (χ1v) is 6.98. The van der Waals surface area contributed by atoms with Crippen molar-refractivity contribution in [1.82, 2.24) is 5.32 Å². The van der Waals surface area contributed by atoms with Gasteiger partial charge in [-0.2, -0.15) is 13.2 Å². The van der Waals surface area contributed by atoms with Gasteiger partial charge in [0, 0.05) is 14.7 Å². The lowest BCUT2D eigenvalue weighted by atomic mass is 9.78. The quantitative estimate of drug-likeness (QED) is 0.770. The smallest absolute Gasteiger partial charge is 0.347 e. The second kappa shape index (κ2) is 4.96. The highest BCUT2D eigenvalue weighted by molar-refractivity contribution is 14.1. The molecule has 0 bridgehead atoms. The molecule has 1 amide bonds. The highest BCUT2D eigenvalue weighted by Crippen LogP contribution is 2.33. The minimum Gasteiger partial charge on any atom is -0.347 e. The molecule has 1 N–H and O–H groups in total. The summed E-state index contributed by atoms with van der Waals surface area (Å²) < 4.78 is 38.5. The summed E-state index contributed by atoms with van der Waals surface area (Å²) in [7, 11) is 0. The number of benzene rings is 1. The zero-order valence-electron chi connectivity index (χ0n) is 10.3. The van der Waals surface area contributed by atoms with E-state index in [0.717, 1.165) is 31.4 Å². The van der Waals surface area contributed by atoms with E-state index in [0.29, 0.717) is 3.57 Å². The molecule has 2 rings (SSSR count). The zero-order valence-corrected chi connectivity index (χ0v) is 12.4. The lowest BCUT2D eigenvalue weighted by Gasteiger charge is -2.39. The number of alkyl halides is 3. The molecule has 0 atom stereocenters. The van der Waals surface area contributed by atoms with Crippen LogP contribution in [0.5, 0.6) is 0 Å². The maximum absolute atomic E-state index is 12.7. The van der Waals surface area contributed by atoms with Crippen molar-refractivity contribution in [1.29, 1.82) is 0 Å². The Kier molecular flexibility index (Phi) is 3.81. The van der Waals surface area contributed by atoms with Crippen LogP contribution in [0.2, 0.25) is 0 Å². The fraction of sp³-hybridized carbons (Fsp3) is 0.462. The molecule has 19 heavy (non-hydrogen) atoms. The van der Waals surface area contributed by atoms with Crippen molar-refractivity contribution < 1.29 is 18.0 Å². The maximum atomic E-state index is 12.7. The molecular weight excluding hydrogens is 370 g/mol. The van der Waals surface area contributed by atoms with Gasteiger partial charge in [-0.15, -0.1) is 0 Å². The molecule has 1 aliphatic rings. The Morgan fingerprint density at radius 1 is 1.32 bits per heavy atom. The van der Waals surface area contributed by atoms with Gasteiger partial charge in [0.25, 0.3) is 5.91 Å². The number of nitrogens with one attached hydrogen (secondary N) is 1. The summed E-state index contributed by atoms with van der Waals surface area (Å²) >= 11 is 1.78. The topological polar surface area (TPSA) is 29.1 Å². The molecule has 2 nitrogen and oxygen atoms in total. The van der Waals surface area contributed by atoms with Crippen molar-refractivity contribution in [2.75, 3.05) is 0 Å². The molecule has 1 aliphatic carbocycles. The summed E-state index contributed by atoms with van der Waals surface area (Å²) in [5.74, 6) is -0.439. The molecule has 1 saturated carbocycles. The fourth-order valence-corrected chi connectivity index (χ4v) is 2.73. The summed E-state index contributed by atoms with van der Waals surface area (Å²) in [5, 5.41) is 2.81. The van der Waals surface area contributed by atoms with Crippen LogP contribution in [0.3, 0.4) is 0 Å². The highest BCUT2D eigenvalue weighted by atomic mass is 127. The van der Waals surface area contributed by atoms with E-state index < -0.39 is 17.6 Å². The van der Waals surface area contributed by atoms with Gasteiger partial charge in [0.1, 0.15) is 0 Å². The first-order valence-electron chi connectivity index (χ1n) is 5.90. The average Bonchev–Trinajstić information content (AvgIpc) is 2.24. The molecule has 1 fully saturated rings. The van der Waals surface area contributed by atoms with Crippen LogP contribution in [0.1, 0.15) is 42.1 Å². The lowest BCUT2D eigenvalue weighted by molar-refractivity contribution is -0.137. The summed E-state index contributed by atoms with van der Waals surface area (Å²) in [6.07, 6.45) is -1.66. The van der Waals surface area contributed by atoms with Crippen molar-refractivity contribution in [2.24, 2.45) is 0 Å². The molecule has 1 aromatic rings. The normalized spacial score (nSPS) is 17.7. The van der Waals surface area contributed by atoms with Gasteiger partial charge in [-0.3, -0.25) is 4.79 Å². The molecule has 0 aromatic heterocycles. The van der Waals surface area contributed by atoms with Crippen LogP contribution in [0.15, 0.2) is 18.2 Å². The molecule has 0 radical (unpaired) electrons. The minimum absolute atomic E-state index is 0.0624. The third-order valence-electron chi connectivity index (χ3n) is 3.36. The molecule has 1 aromatic carbocycles. The van der Waals surface area contributed by atoms with E-state index in [1.807, 2.05) is 6.92 Å². The van der Waals surface area contributed by atoms with E-state index in [1.165, 1.54) is 6.07 Å². The van der Waals surface area contributed by atoms with Crippen molar-refractivity contribution in [3.63, 3.8) is 0 Å². The molecular formula is C13H13F3INO. The van der Waals surface area contributed by atoms with Gasteiger partial charge in [0.05, 0.1) is 5.56 Å². The standard InChI is InChI=1S/C13H13F3INO/c1-12(3-2-4-12)18-11(19)8-5-9(13(14,15)16)7-10(17)6-8/h5-7H,2-4H2,1H3,(H,18,19). The Balaban J connectivity index is 2.24. The summed E-state index contributed by atoms with van der Waals surface area (Å²) in [6, 6.07) is 3.40. The van der Waals surface area contributed by atoms with Gasteiger partial charge >= 0.3 is 6.18 Å². The van der Waals surface area contributed by atoms with E-state index in [4.69, 9.17) is 0 Å². The van der Waals surface area contributed by atoms with Crippen LogP contribution in [-0.4, -0.2) is 11.4 Å². The number of amides is 1. The molecule has 0 spiro atoms. The molecule has 0 unspecified atom stereocenters. The van der Waals surface area contributed by atoms with Crippen molar-refractivity contribution >= 4 is 28.5 Å². The first kappa shape index (κ1) is 14.6. The van der Waals surface area contributed by atoms with Crippen LogP contribution in [0.25, 0.3) is 0 Å².